The summed E-state index contributed by atoms with van der Waals surface area (Å²) in [4.78, 5) is 23.2. The van der Waals surface area contributed by atoms with Gasteiger partial charge in [-0.25, -0.2) is 0 Å². The molecule has 0 fully saturated rings. The molecule has 1 atom stereocenters. The lowest BCUT2D eigenvalue weighted by Crippen LogP contribution is -2.36. The highest BCUT2D eigenvalue weighted by molar-refractivity contribution is 6.05. The van der Waals surface area contributed by atoms with Crippen molar-refractivity contribution < 1.29 is 14.3 Å². The zero-order valence-corrected chi connectivity index (χ0v) is 8.71. The first kappa shape index (κ1) is 11.0. The molecule has 1 aliphatic rings. The Kier molecular flexibility index (Phi) is 3.44. The number of ether oxygens (including phenoxy) is 1. The minimum atomic E-state index is -1.06. The fraction of sp³-hybridized carbons (Fsp3) is 0.636. The van der Waals surface area contributed by atoms with Gasteiger partial charge in [0.25, 0.3) is 0 Å². The molecule has 0 aliphatic heterocycles. The number of esters is 1. The first-order valence-electron chi connectivity index (χ1n) is 4.90. The third-order valence-corrected chi connectivity index (χ3v) is 2.66. The number of carbonyl (C=O) groups excluding carboxylic acids is 2. The van der Waals surface area contributed by atoms with Crippen LogP contribution in [0.1, 0.15) is 32.6 Å². The largest absolute Gasteiger partial charge is 0.468 e. The summed E-state index contributed by atoms with van der Waals surface area (Å²) in [5, 5.41) is 0. The van der Waals surface area contributed by atoms with Gasteiger partial charge in [-0.2, -0.15) is 0 Å². The van der Waals surface area contributed by atoms with E-state index < -0.39 is 11.4 Å². The van der Waals surface area contributed by atoms with Crippen LogP contribution in [0.2, 0.25) is 0 Å². The topological polar surface area (TPSA) is 43.4 Å². The van der Waals surface area contributed by atoms with E-state index in [9.17, 15) is 9.59 Å². The first-order chi connectivity index (χ1) is 6.61. The van der Waals surface area contributed by atoms with Gasteiger partial charge >= 0.3 is 5.97 Å². The first-order valence-corrected chi connectivity index (χ1v) is 4.90. The Morgan fingerprint density at radius 1 is 1.50 bits per heavy atom. The van der Waals surface area contributed by atoms with Crippen LogP contribution in [0.3, 0.4) is 0 Å². The molecule has 78 valence electrons. The average molecular weight is 196 g/mol. The number of carbonyl (C=O) groups is 2. The van der Waals surface area contributed by atoms with Crippen LogP contribution in [-0.2, 0) is 14.3 Å². The summed E-state index contributed by atoms with van der Waals surface area (Å²) in [7, 11) is 1.31. The third kappa shape index (κ3) is 2.03. The summed E-state index contributed by atoms with van der Waals surface area (Å²) in [5.74, 6) is -0.499. The molecule has 0 aromatic carbocycles. The minimum Gasteiger partial charge on any atom is -0.468 e. The molecule has 1 rings (SSSR count). The van der Waals surface area contributed by atoms with Crippen molar-refractivity contribution in [1.29, 1.82) is 0 Å². The quantitative estimate of drug-likeness (QED) is 0.365. The Labute approximate surface area is 84.1 Å². The maximum absolute atomic E-state index is 11.7. The Bertz CT molecular complexity index is 268. The molecule has 0 N–H and O–H groups in total. The minimum absolute atomic E-state index is 0.0414. The number of hydrogen-bond donors (Lipinski definition) is 0. The second-order valence-corrected chi connectivity index (χ2v) is 3.77. The van der Waals surface area contributed by atoms with E-state index in [0.29, 0.717) is 6.42 Å². The summed E-state index contributed by atoms with van der Waals surface area (Å²) in [6.07, 6.45) is 6.85. The van der Waals surface area contributed by atoms with Gasteiger partial charge in [-0.05, 0) is 26.2 Å². The van der Waals surface area contributed by atoms with Gasteiger partial charge in [0.05, 0.1) is 7.11 Å². The number of ketones is 1. The van der Waals surface area contributed by atoms with Crippen molar-refractivity contribution in [2.75, 3.05) is 7.11 Å². The van der Waals surface area contributed by atoms with Crippen LogP contribution in [-0.4, -0.2) is 18.9 Å². The molecule has 0 bridgehead atoms. The molecule has 0 aromatic rings. The molecule has 1 unspecified atom stereocenters. The second kappa shape index (κ2) is 4.40. The fourth-order valence-electron chi connectivity index (χ4n) is 1.61. The van der Waals surface area contributed by atoms with Crippen LogP contribution in [0.25, 0.3) is 0 Å². The zero-order chi connectivity index (χ0) is 10.6. The molecule has 1 aliphatic carbocycles. The predicted molar refractivity (Wildman–Crippen MR) is 52.7 cm³/mol. The second-order valence-electron chi connectivity index (χ2n) is 3.77. The van der Waals surface area contributed by atoms with Crippen molar-refractivity contribution in [2.45, 2.75) is 32.6 Å². The maximum atomic E-state index is 11.7. The molecule has 3 nitrogen and oxygen atoms in total. The lowest BCUT2D eigenvalue weighted by Gasteiger charge is -2.22. The van der Waals surface area contributed by atoms with Crippen LogP contribution >= 0.6 is 0 Å². The summed E-state index contributed by atoms with van der Waals surface area (Å²) in [5.41, 5.74) is -1.06. The zero-order valence-electron chi connectivity index (χ0n) is 8.71. The van der Waals surface area contributed by atoms with E-state index in [2.05, 4.69) is 4.74 Å². The van der Waals surface area contributed by atoms with E-state index in [1.54, 1.807) is 13.0 Å². The van der Waals surface area contributed by atoms with E-state index in [-0.39, 0.29) is 5.78 Å². The maximum Gasteiger partial charge on any atom is 0.322 e. The van der Waals surface area contributed by atoms with Crippen molar-refractivity contribution in [2.24, 2.45) is 5.41 Å². The van der Waals surface area contributed by atoms with Gasteiger partial charge in [-0.1, -0.05) is 12.2 Å². The Hall–Kier alpha value is -1.12. The van der Waals surface area contributed by atoms with E-state index >= 15 is 0 Å². The van der Waals surface area contributed by atoms with Crippen molar-refractivity contribution in [3.05, 3.63) is 12.2 Å². The van der Waals surface area contributed by atoms with Gasteiger partial charge in [-0.15, -0.1) is 0 Å². The summed E-state index contributed by atoms with van der Waals surface area (Å²) in [6, 6.07) is 0. The molecule has 14 heavy (non-hydrogen) atoms. The van der Waals surface area contributed by atoms with Crippen LogP contribution in [0.15, 0.2) is 12.2 Å². The Balaban J connectivity index is 2.94. The molecule has 0 heterocycles. The standard InChI is InChI=1S/C11H16O3/c1-11(10(13)14-2)8-6-4-3-5-7-9(11)12/h6,8H,3-5,7H2,1-2H3/b8-6+. The number of allylic oxidation sites excluding steroid dienone is 1. The number of Topliss-reactive ketones (excluding diaryl/α,β-unsaturated/α-hetero) is 1. The summed E-state index contributed by atoms with van der Waals surface area (Å²) in [6.45, 7) is 1.63. The Morgan fingerprint density at radius 3 is 2.86 bits per heavy atom. The number of hydrogen-bond acceptors (Lipinski definition) is 3. The molecular formula is C11H16O3. The van der Waals surface area contributed by atoms with Gasteiger partial charge in [-0.3, -0.25) is 9.59 Å². The highest BCUT2D eigenvalue weighted by atomic mass is 16.5. The fourth-order valence-corrected chi connectivity index (χ4v) is 1.61. The van der Waals surface area contributed by atoms with E-state index in [1.807, 2.05) is 6.08 Å². The number of rotatable bonds is 1. The van der Waals surface area contributed by atoms with Gasteiger partial charge in [0, 0.05) is 6.42 Å². The van der Waals surface area contributed by atoms with Crippen LogP contribution in [0, 0.1) is 5.41 Å². The lowest BCUT2D eigenvalue weighted by atomic mass is 9.81. The molecule has 0 saturated carbocycles. The van der Waals surface area contributed by atoms with Gasteiger partial charge in [0.2, 0.25) is 0 Å². The molecular weight excluding hydrogens is 180 g/mol. The van der Waals surface area contributed by atoms with Crippen molar-refractivity contribution in [1.82, 2.24) is 0 Å². The smallest absolute Gasteiger partial charge is 0.322 e. The highest BCUT2D eigenvalue weighted by Gasteiger charge is 2.39. The molecule has 0 spiro atoms. The van der Waals surface area contributed by atoms with E-state index in [0.717, 1.165) is 19.3 Å². The molecule has 0 aromatic heterocycles. The summed E-state index contributed by atoms with van der Waals surface area (Å²) >= 11 is 0. The van der Waals surface area contributed by atoms with Crippen molar-refractivity contribution >= 4 is 11.8 Å². The van der Waals surface area contributed by atoms with Crippen molar-refractivity contribution in [3.8, 4) is 0 Å². The van der Waals surface area contributed by atoms with Gasteiger partial charge in [0.1, 0.15) is 5.41 Å². The van der Waals surface area contributed by atoms with Crippen LogP contribution < -0.4 is 0 Å². The monoisotopic (exact) mass is 196 g/mol. The average Bonchev–Trinajstić information content (AvgIpc) is 2.18. The normalized spacial score (nSPS) is 30.3. The lowest BCUT2D eigenvalue weighted by molar-refractivity contribution is -0.153. The van der Waals surface area contributed by atoms with Crippen molar-refractivity contribution in [3.63, 3.8) is 0 Å². The van der Waals surface area contributed by atoms with Gasteiger partial charge in [0.15, 0.2) is 5.78 Å². The SMILES string of the molecule is COC(=O)C1(C)/C=C/CCCCC1=O. The Morgan fingerprint density at radius 2 is 2.21 bits per heavy atom. The predicted octanol–water partition coefficient (Wildman–Crippen LogP) is 1.86. The van der Waals surface area contributed by atoms with E-state index in [4.69, 9.17) is 0 Å². The highest BCUT2D eigenvalue weighted by Crippen LogP contribution is 2.27. The third-order valence-electron chi connectivity index (χ3n) is 2.66. The van der Waals surface area contributed by atoms with E-state index in [1.165, 1.54) is 7.11 Å². The molecule has 3 heteroatoms. The summed E-state index contributed by atoms with van der Waals surface area (Å²) < 4.78 is 4.65. The van der Waals surface area contributed by atoms with Crippen LogP contribution in [0.5, 0.6) is 0 Å². The molecule has 0 radical (unpaired) electrons. The molecule has 0 saturated heterocycles. The molecule has 0 amide bonds. The number of methoxy groups -OCH3 is 1. The van der Waals surface area contributed by atoms with Gasteiger partial charge < -0.3 is 4.74 Å². The van der Waals surface area contributed by atoms with Crippen LogP contribution in [0.4, 0.5) is 0 Å².